The Balaban J connectivity index is 1.86. The van der Waals surface area contributed by atoms with Gasteiger partial charge in [0.25, 0.3) is 0 Å². The number of nitrogens with zero attached hydrogens (tertiary/aromatic N) is 3. The largest absolute Gasteiger partial charge is 0.619 e. The van der Waals surface area contributed by atoms with Crippen LogP contribution in [0, 0.1) is 23.7 Å². The maximum absolute atomic E-state index is 14.6. The zero-order chi connectivity index (χ0) is 40.2. The van der Waals surface area contributed by atoms with Gasteiger partial charge in [0.2, 0.25) is 0 Å². The molecule has 4 unspecified atom stereocenters. The quantitative estimate of drug-likeness (QED) is 0.251. The second-order valence-corrected chi connectivity index (χ2v) is 21.0. The maximum atomic E-state index is 14.6. The first-order chi connectivity index (χ1) is 23.1. The molecule has 4 saturated heterocycles. The van der Waals surface area contributed by atoms with Gasteiger partial charge >= 0.3 is 30.0 Å². The molecule has 12 heteroatoms. The summed E-state index contributed by atoms with van der Waals surface area (Å²) in [5.74, 6) is -6.20. The van der Waals surface area contributed by atoms with Crippen LogP contribution in [0.4, 0.5) is 0 Å². The molecule has 1 N–H and O–H groups in total. The van der Waals surface area contributed by atoms with E-state index in [0.29, 0.717) is 25.7 Å². The molecule has 4 heterocycles. The average molecular weight is 735 g/mol. The van der Waals surface area contributed by atoms with E-state index in [0.717, 1.165) is 0 Å². The highest BCUT2D eigenvalue weighted by molar-refractivity contribution is 5.81. The fourth-order valence-corrected chi connectivity index (χ4v) is 9.87. The van der Waals surface area contributed by atoms with Gasteiger partial charge in [0.15, 0.2) is 0 Å². The first-order valence-corrected chi connectivity index (χ1v) is 19.0. The van der Waals surface area contributed by atoms with Crippen molar-refractivity contribution in [2.75, 3.05) is 21.1 Å². The van der Waals surface area contributed by atoms with Gasteiger partial charge in [-0.2, -0.15) is 0 Å². The Bertz CT molecular complexity index is 1330. The van der Waals surface area contributed by atoms with Crippen molar-refractivity contribution in [3.05, 3.63) is 0 Å². The van der Waals surface area contributed by atoms with Gasteiger partial charge < -0.3 is 24.3 Å². The minimum absolute atomic E-state index is 0.378. The van der Waals surface area contributed by atoms with Gasteiger partial charge in [-0.05, 0) is 158 Å². The van der Waals surface area contributed by atoms with Crippen LogP contribution in [-0.2, 0) is 38.1 Å². The summed E-state index contributed by atoms with van der Waals surface area (Å²) in [6.07, 6.45) is -1.53. The number of hydrogen-bond donors (Lipinski definition) is 1. The molecule has 4 aliphatic rings. The normalized spacial score (nSPS) is 33.6. The fraction of sp³-hybridized carbons (Fsp3) is 0.900. The van der Waals surface area contributed by atoms with Crippen molar-refractivity contribution in [2.45, 2.75) is 187 Å². The van der Waals surface area contributed by atoms with Crippen LogP contribution in [0.15, 0.2) is 0 Å². The molecule has 4 aliphatic heterocycles. The smallest absolute Gasteiger partial charge is 0.352 e. The predicted molar refractivity (Wildman–Crippen MR) is 199 cm³/mol. The molecule has 4 atom stereocenters. The minimum Gasteiger partial charge on any atom is -0.352 e. The summed E-state index contributed by atoms with van der Waals surface area (Å²) in [6.45, 7) is 31.6. The van der Waals surface area contributed by atoms with E-state index >= 15 is 0 Å². The third-order valence-electron chi connectivity index (χ3n) is 14.3. The van der Waals surface area contributed by atoms with Gasteiger partial charge in [-0.25, -0.2) is 0 Å². The predicted octanol–water partition coefficient (Wildman–Crippen LogP) is 5.46. The van der Waals surface area contributed by atoms with Gasteiger partial charge in [-0.3, -0.25) is 33.9 Å². The third-order valence-corrected chi connectivity index (χ3v) is 14.3. The third kappa shape index (κ3) is 7.27. The van der Waals surface area contributed by atoms with Crippen LogP contribution in [0.5, 0.6) is 0 Å². The lowest BCUT2D eigenvalue weighted by Gasteiger charge is -2.40. The Morgan fingerprint density at radius 3 is 0.904 bits per heavy atom. The SMILES string of the molecule is CN1C(C)(C)CC(C(=O)OC(OC(=O)C2CC(C)(C)NC2(C)C)(OC(=O)C2CC(C)(C)N(C)C2(C)C)OC(=O)C2CC(C)(C)N(C)C2(C)C)C1(C)C. The van der Waals surface area contributed by atoms with Gasteiger partial charge in [0.05, 0.1) is 23.7 Å². The van der Waals surface area contributed by atoms with Crippen molar-refractivity contribution >= 4 is 23.9 Å². The molecule has 0 aromatic rings. The molecule has 0 aromatic heterocycles. The van der Waals surface area contributed by atoms with Crippen molar-refractivity contribution in [2.24, 2.45) is 23.7 Å². The highest BCUT2D eigenvalue weighted by atomic mass is 17.0. The summed E-state index contributed by atoms with van der Waals surface area (Å²) in [5, 5.41) is 3.48. The zero-order valence-electron chi connectivity index (χ0n) is 35.7. The summed E-state index contributed by atoms with van der Waals surface area (Å²) >= 11 is 0. The van der Waals surface area contributed by atoms with E-state index < -0.39 is 81.4 Å². The number of nitrogens with one attached hydrogen (secondary N) is 1. The van der Waals surface area contributed by atoms with E-state index in [1.165, 1.54) is 0 Å². The molecule has 0 saturated carbocycles. The number of esters is 4. The highest BCUT2D eigenvalue weighted by Crippen LogP contribution is 2.49. The number of likely N-dealkylation sites (tertiary alicyclic amines) is 3. The molecule has 0 aromatic carbocycles. The highest BCUT2D eigenvalue weighted by Gasteiger charge is 2.63. The van der Waals surface area contributed by atoms with Crippen LogP contribution < -0.4 is 5.32 Å². The second-order valence-electron chi connectivity index (χ2n) is 21.0. The van der Waals surface area contributed by atoms with Crippen molar-refractivity contribution in [3.8, 4) is 0 Å². The van der Waals surface area contributed by atoms with E-state index in [2.05, 4.69) is 20.0 Å². The second kappa shape index (κ2) is 12.6. The topological polar surface area (TPSA) is 127 Å². The molecule has 0 bridgehead atoms. The van der Waals surface area contributed by atoms with Gasteiger partial charge in [0, 0.05) is 44.3 Å². The van der Waals surface area contributed by atoms with Crippen LogP contribution >= 0.6 is 0 Å². The van der Waals surface area contributed by atoms with Crippen LogP contribution in [0.25, 0.3) is 0 Å². The summed E-state index contributed by atoms with van der Waals surface area (Å²) in [7, 11) is 5.83. The van der Waals surface area contributed by atoms with E-state index in [1.807, 2.05) is 132 Å². The van der Waals surface area contributed by atoms with E-state index in [-0.39, 0.29) is 16.6 Å². The summed E-state index contributed by atoms with van der Waals surface area (Å²) < 4.78 is 24.6. The molecule has 52 heavy (non-hydrogen) atoms. The summed E-state index contributed by atoms with van der Waals surface area (Å²) in [4.78, 5) is 64.5. The number of hydrogen-bond acceptors (Lipinski definition) is 12. The van der Waals surface area contributed by atoms with Crippen LogP contribution in [0.3, 0.4) is 0 Å². The lowest BCUT2D eigenvalue weighted by Crippen LogP contribution is -2.56. The number of carbonyl (C=O) groups is 4. The Kier molecular flexibility index (Phi) is 10.3. The Hall–Kier alpha value is -2.28. The molecule has 4 fully saturated rings. The van der Waals surface area contributed by atoms with Crippen molar-refractivity contribution in [1.29, 1.82) is 0 Å². The molecule has 0 amide bonds. The van der Waals surface area contributed by atoms with Crippen molar-refractivity contribution in [1.82, 2.24) is 20.0 Å². The van der Waals surface area contributed by atoms with E-state index in [4.69, 9.17) is 18.9 Å². The number of carbonyl (C=O) groups excluding carboxylic acids is 4. The molecule has 4 rings (SSSR count). The Morgan fingerprint density at radius 2 is 0.712 bits per heavy atom. The van der Waals surface area contributed by atoms with Gasteiger partial charge in [-0.15, -0.1) is 0 Å². The molecule has 12 nitrogen and oxygen atoms in total. The molecule has 0 spiro atoms. The first kappa shape index (κ1) is 42.5. The summed E-state index contributed by atoms with van der Waals surface area (Å²) in [5.41, 5.74) is -4.45. The number of ether oxygens (including phenoxy) is 4. The molecular weight excluding hydrogens is 664 g/mol. The Labute approximate surface area is 313 Å². The van der Waals surface area contributed by atoms with Crippen LogP contribution in [-0.4, -0.2) is 110 Å². The molecular formula is C40H70N4O8. The van der Waals surface area contributed by atoms with E-state index in [9.17, 15) is 19.2 Å². The van der Waals surface area contributed by atoms with E-state index in [1.54, 1.807) is 0 Å². The zero-order valence-corrected chi connectivity index (χ0v) is 35.7. The lowest BCUT2D eigenvalue weighted by molar-refractivity contribution is -0.436. The average Bonchev–Trinajstić information content (AvgIpc) is 3.44. The standard InChI is InChI=1S/C40H70N4O8/c1-32(2)20-24(36(9,10)41-32)28(45)49-40(50-29(46)25-21-33(3,4)42(17)37(25,11)12,51-30(47)26-22-34(5,6)43(18)38(26,13)14)52-31(48)27-23-35(7,8)44(19)39(27,15)16/h24-27,41H,20-23H2,1-19H3. The van der Waals surface area contributed by atoms with Crippen LogP contribution in [0.2, 0.25) is 0 Å². The maximum Gasteiger partial charge on any atom is 0.619 e. The minimum atomic E-state index is -3.12. The van der Waals surface area contributed by atoms with Crippen molar-refractivity contribution < 1.29 is 38.1 Å². The lowest BCUT2D eigenvalue weighted by atomic mass is 9.86. The first-order valence-electron chi connectivity index (χ1n) is 19.0. The van der Waals surface area contributed by atoms with Crippen LogP contribution in [0.1, 0.15) is 136 Å². The monoisotopic (exact) mass is 735 g/mol. The fourth-order valence-electron chi connectivity index (χ4n) is 9.87. The van der Waals surface area contributed by atoms with Gasteiger partial charge in [0.1, 0.15) is 0 Å². The van der Waals surface area contributed by atoms with Crippen molar-refractivity contribution in [3.63, 3.8) is 0 Å². The van der Waals surface area contributed by atoms with Gasteiger partial charge in [-0.1, -0.05) is 0 Å². The summed E-state index contributed by atoms with van der Waals surface area (Å²) in [6, 6.07) is 0. The Morgan fingerprint density at radius 1 is 0.462 bits per heavy atom. The number of rotatable bonds is 8. The molecule has 298 valence electrons. The molecule has 0 aliphatic carbocycles. The molecule has 0 radical (unpaired) electrons.